The van der Waals surface area contributed by atoms with Gasteiger partial charge in [-0.3, -0.25) is 4.72 Å². The Morgan fingerprint density at radius 1 is 0.810 bits per heavy atom. The maximum atomic E-state index is 13.0. The van der Waals surface area contributed by atoms with E-state index in [4.69, 9.17) is 4.98 Å². The minimum atomic E-state index is -3.84. The van der Waals surface area contributed by atoms with Gasteiger partial charge in [0.25, 0.3) is 10.0 Å². The number of aryl methyl sites for hydroxylation is 3. The Hall–Kier alpha value is -3.24. The zero-order valence-corrected chi connectivity index (χ0v) is 27.0. The highest BCUT2D eigenvalue weighted by molar-refractivity contribution is 7.92. The number of nitrogens with one attached hydrogen (secondary N) is 1. The van der Waals surface area contributed by atoms with Gasteiger partial charge >= 0.3 is 5.97 Å². The molecule has 0 aliphatic carbocycles. The highest BCUT2D eigenvalue weighted by atomic mass is 35.5. The van der Waals surface area contributed by atoms with Gasteiger partial charge < -0.3 is 14.9 Å². The Morgan fingerprint density at radius 3 is 2.12 bits per heavy atom. The van der Waals surface area contributed by atoms with Gasteiger partial charge in [0.05, 0.1) is 16.0 Å². The SMILES string of the molecule is Cc1ccc(S(=O)(=O)Nc2ccc3nc(N4CCN(c5cccc(C)c5C)CC4)cc(C(=O)O)c3c2)cc1C.Cl.Cl.Cl. The molecule has 1 fully saturated rings. The van der Waals surface area contributed by atoms with Crippen LogP contribution in [-0.4, -0.2) is 50.7 Å². The first kappa shape index (κ1) is 35.0. The average Bonchev–Trinajstić information content (AvgIpc) is 2.91. The zero-order valence-electron chi connectivity index (χ0n) is 23.7. The summed E-state index contributed by atoms with van der Waals surface area (Å²) in [6, 6.07) is 17.7. The number of sulfonamides is 1. The molecule has 3 aromatic carbocycles. The number of fused-ring (bicyclic) bond motifs is 1. The Kier molecular flexibility index (Phi) is 11.5. The number of hydrogen-bond acceptors (Lipinski definition) is 6. The zero-order chi connectivity index (χ0) is 27.9. The van der Waals surface area contributed by atoms with Crippen molar-refractivity contribution >= 4 is 81.3 Å². The first-order valence-corrected chi connectivity index (χ1v) is 14.4. The largest absolute Gasteiger partial charge is 0.478 e. The fraction of sp³-hybridized carbons (Fsp3) is 0.267. The van der Waals surface area contributed by atoms with Crippen LogP contribution in [-0.2, 0) is 10.0 Å². The normalized spacial score (nSPS) is 13.0. The van der Waals surface area contributed by atoms with Gasteiger partial charge in [0.1, 0.15) is 5.82 Å². The molecule has 0 atom stereocenters. The van der Waals surface area contributed by atoms with Gasteiger partial charge in [0.2, 0.25) is 0 Å². The van der Waals surface area contributed by atoms with Crippen LogP contribution in [0.1, 0.15) is 32.6 Å². The number of hydrogen-bond donors (Lipinski definition) is 2. The van der Waals surface area contributed by atoms with Gasteiger partial charge in [-0.05, 0) is 92.4 Å². The van der Waals surface area contributed by atoms with Crippen molar-refractivity contribution < 1.29 is 18.3 Å². The van der Waals surface area contributed by atoms with Crippen LogP contribution in [0.3, 0.4) is 0 Å². The van der Waals surface area contributed by atoms with Gasteiger partial charge in [-0.25, -0.2) is 18.2 Å². The maximum Gasteiger partial charge on any atom is 0.336 e. The van der Waals surface area contributed by atoms with Gasteiger partial charge in [-0.15, -0.1) is 37.2 Å². The summed E-state index contributed by atoms with van der Waals surface area (Å²) in [7, 11) is -3.84. The van der Waals surface area contributed by atoms with Crippen LogP contribution in [0, 0.1) is 27.7 Å². The third-order valence-electron chi connectivity index (χ3n) is 7.59. The minimum Gasteiger partial charge on any atom is -0.478 e. The Labute approximate surface area is 265 Å². The van der Waals surface area contributed by atoms with Crippen molar-refractivity contribution in [3.8, 4) is 0 Å². The van der Waals surface area contributed by atoms with Crippen LogP contribution in [0.25, 0.3) is 10.9 Å². The number of anilines is 3. The van der Waals surface area contributed by atoms with E-state index in [0.29, 0.717) is 29.8 Å². The van der Waals surface area contributed by atoms with Crippen molar-refractivity contribution in [2.24, 2.45) is 0 Å². The summed E-state index contributed by atoms with van der Waals surface area (Å²) in [6.07, 6.45) is 0. The van der Waals surface area contributed by atoms with E-state index in [1.165, 1.54) is 22.9 Å². The molecule has 12 heteroatoms. The van der Waals surface area contributed by atoms with E-state index in [0.717, 1.165) is 24.2 Å². The summed E-state index contributed by atoms with van der Waals surface area (Å²) in [6.45, 7) is 11.0. The summed E-state index contributed by atoms with van der Waals surface area (Å²) >= 11 is 0. The third kappa shape index (κ3) is 7.03. The topological polar surface area (TPSA) is 103 Å². The molecule has 0 bridgehead atoms. The molecule has 5 rings (SSSR count). The summed E-state index contributed by atoms with van der Waals surface area (Å²) in [5, 5.41) is 10.4. The fourth-order valence-corrected chi connectivity index (χ4v) is 6.10. The van der Waals surface area contributed by atoms with Crippen LogP contribution in [0.15, 0.2) is 65.6 Å². The van der Waals surface area contributed by atoms with E-state index < -0.39 is 16.0 Å². The highest BCUT2D eigenvalue weighted by Gasteiger charge is 2.23. The second-order valence-corrected chi connectivity index (χ2v) is 11.8. The lowest BCUT2D eigenvalue weighted by Crippen LogP contribution is -2.47. The average molecular weight is 654 g/mol. The number of aromatic carboxylic acids is 1. The first-order valence-electron chi connectivity index (χ1n) is 12.9. The van der Waals surface area contributed by atoms with Crippen LogP contribution in [0.4, 0.5) is 17.2 Å². The highest BCUT2D eigenvalue weighted by Crippen LogP contribution is 2.29. The molecule has 226 valence electrons. The molecule has 0 amide bonds. The van der Waals surface area contributed by atoms with E-state index in [1.807, 2.05) is 13.8 Å². The molecule has 1 aromatic heterocycles. The Morgan fingerprint density at radius 2 is 1.48 bits per heavy atom. The first-order chi connectivity index (χ1) is 18.5. The van der Waals surface area contributed by atoms with E-state index in [-0.39, 0.29) is 53.4 Å². The predicted molar refractivity (Wildman–Crippen MR) is 178 cm³/mol. The summed E-state index contributed by atoms with van der Waals surface area (Å²) in [5.74, 6) is -0.490. The molecule has 8 nitrogen and oxygen atoms in total. The van der Waals surface area contributed by atoms with Crippen molar-refractivity contribution in [3.05, 3.63) is 88.5 Å². The van der Waals surface area contributed by atoms with Crippen molar-refractivity contribution in [1.29, 1.82) is 0 Å². The number of halogens is 3. The van der Waals surface area contributed by atoms with Crippen LogP contribution in [0.2, 0.25) is 0 Å². The molecular weight excluding hydrogens is 619 g/mol. The number of aromatic nitrogens is 1. The minimum absolute atomic E-state index is 0. The molecular formula is C30H35Cl3N4O4S. The molecule has 1 aliphatic rings. The van der Waals surface area contributed by atoms with Crippen LogP contribution in [0.5, 0.6) is 0 Å². The van der Waals surface area contributed by atoms with Crippen molar-refractivity contribution in [2.75, 3.05) is 40.7 Å². The standard InChI is InChI=1S/C30H32N4O4S.3ClH/c1-19-8-10-24(16-21(19)3)39(37,38)32-23-9-11-27-25(17-23)26(30(35)36)18-29(31-27)34-14-12-33(13-15-34)28-7-5-6-20(2)22(28)4;;;/h5-11,16-18,32H,12-15H2,1-4H3,(H,35,36);3*1H. The van der Waals surface area contributed by atoms with Crippen molar-refractivity contribution in [2.45, 2.75) is 32.6 Å². The summed E-state index contributed by atoms with van der Waals surface area (Å²) < 4.78 is 28.6. The number of nitrogens with zero attached hydrogens (tertiary/aromatic N) is 3. The lowest BCUT2D eigenvalue weighted by Gasteiger charge is -2.37. The second-order valence-electron chi connectivity index (χ2n) is 10.1. The molecule has 2 heterocycles. The van der Waals surface area contributed by atoms with Gasteiger partial charge in [-0.2, -0.15) is 0 Å². The van der Waals surface area contributed by atoms with E-state index in [2.05, 4.69) is 46.6 Å². The molecule has 42 heavy (non-hydrogen) atoms. The molecule has 1 saturated heterocycles. The van der Waals surface area contributed by atoms with Gasteiger partial charge in [-0.1, -0.05) is 18.2 Å². The van der Waals surface area contributed by atoms with E-state index in [1.54, 1.807) is 36.4 Å². The number of pyridine rings is 1. The lowest BCUT2D eigenvalue weighted by molar-refractivity contribution is 0.0699. The van der Waals surface area contributed by atoms with Crippen molar-refractivity contribution in [1.82, 2.24) is 4.98 Å². The van der Waals surface area contributed by atoms with Gasteiger partial charge in [0, 0.05) is 42.9 Å². The summed E-state index contributed by atoms with van der Waals surface area (Å²) in [5.41, 5.74) is 6.48. The Balaban J connectivity index is 0.00000205. The second kappa shape index (κ2) is 13.8. The lowest BCUT2D eigenvalue weighted by atomic mass is 10.1. The third-order valence-corrected chi connectivity index (χ3v) is 8.97. The summed E-state index contributed by atoms with van der Waals surface area (Å²) in [4.78, 5) is 21.6. The molecule has 0 saturated carbocycles. The predicted octanol–water partition coefficient (Wildman–Crippen LogP) is 6.56. The van der Waals surface area contributed by atoms with E-state index in [9.17, 15) is 18.3 Å². The number of piperazine rings is 1. The number of carboxylic acids is 1. The fourth-order valence-electron chi connectivity index (χ4n) is 4.96. The molecule has 0 unspecified atom stereocenters. The molecule has 0 spiro atoms. The quantitative estimate of drug-likeness (QED) is 0.243. The maximum absolute atomic E-state index is 13.0. The Bertz CT molecular complexity index is 1710. The van der Waals surface area contributed by atoms with Gasteiger partial charge in [0.15, 0.2) is 0 Å². The number of rotatable bonds is 6. The number of benzene rings is 3. The van der Waals surface area contributed by atoms with Crippen LogP contribution >= 0.6 is 37.2 Å². The molecule has 0 radical (unpaired) electrons. The van der Waals surface area contributed by atoms with Crippen LogP contribution < -0.4 is 14.5 Å². The molecule has 1 aliphatic heterocycles. The molecule has 4 aromatic rings. The van der Waals surface area contributed by atoms with Crippen molar-refractivity contribution in [3.63, 3.8) is 0 Å². The number of carbonyl (C=O) groups is 1. The smallest absolute Gasteiger partial charge is 0.336 e. The van der Waals surface area contributed by atoms with E-state index >= 15 is 0 Å². The number of carboxylic acid groups (broad SMARTS) is 1. The molecule has 2 N–H and O–H groups in total. The monoisotopic (exact) mass is 652 g/mol.